The topological polar surface area (TPSA) is 118 Å². The molecule has 0 aromatic carbocycles. The molecule has 5 N–H and O–H groups in total. The zero-order valence-electron chi connectivity index (χ0n) is 8.42. The van der Waals surface area contributed by atoms with Crippen molar-refractivity contribution in [2.45, 2.75) is 13.3 Å². The van der Waals surface area contributed by atoms with Gasteiger partial charge in [0.1, 0.15) is 0 Å². The Hall–Kier alpha value is 0.0300. The van der Waals surface area contributed by atoms with E-state index in [1.54, 1.807) is 0 Å². The average molecular weight is 230 g/mol. The van der Waals surface area contributed by atoms with Crippen molar-refractivity contribution in [3.05, 3.63) is 0 Å². The minimum atomic E-state index is -3.64. The van der Waals surface area contributed by atoms with E-state index < -0.39 is 13.0 Å². The minimum Gasteiger partial charge on any atom is -0.396 e. The molecule has 7 heteroatoms. The van der Waals surface area contributed by atoms with E-state index in [0.29, 0.717) is 6.42 Å². The normalized spacial score (nSPS) is 11.9. The summed E-state index contributed by atoms with van der Waals surface area (Å²) in [5.41, 5.74) is -0.667. The highest BCUT2D eigenvalue weighted by Gasteiger charge is 2.24. The standard InChI is InChI=1S/C6H14O3.CH5O3P/c1-2-6(3-7,4-8)5-9;1-5(2,3)4/h7-9H,2-5H2,1H3;1H3,(H2,2,3,4). The van der Waals surface area contributed by atoms with E-state index in [-0.39, 0.29) is 19.8 Å². The molecule has 14 heavy (non-hydrogen) atoms. The van der Waals surface area contributed by atoms with E-state index in [1.807, 2.05) is 6.92 Å². The fraction of sp³-hybridized carbons (Fsp3) is 1.00. The summed E-state index contributed by atoms with van der Waals surface area (Å²) in [6, 6.07) is 0. The Bertz CT molecular complexity index is 147. The third-order valence-electron chi connectivity index (χ3n) is 1.76. The molecule has 0 saturated carbocycles. The Balaban J connectivity index is 0. The highest BCUT2D eigenvalue weighted by atomic mass is 31.2. The van der Waals surface area contributed by atoms with Crippen LogP contribution in [0, 0.1) is 5.41 Å². The second-order valence-electron chi connectivity index (χ2n) is 3.16. The van der Waals surface area contributed by atoms with Crippen LogP contribution in [0.15, 0.2) is 0 Å². The van der Waals surface area contributed by atoms with E-state index >= 15 is 0 Å². The van der Waals surface area contributed by atoms with Crippen molar-refractivity contribution in [1.29, 1.82) is 0 Å². The van der Waals surface area contributed by atoms with Crippen LogP contribution in [0.3, 0.4) is 0 Å². The number of aliphatic hydroxyl groups is 3. The Kier molecular flexibility index (Phi) is 8.63. The highest BCUT2D eigenvalue weighted by Crippen LogP contribution is 2.26. The van der Waals surface area contributed by atoms with E-state index in [9.17, 15) is 4.57 Å². The molecule has 88 valence electrons. The lowest BCUT2D eigenvalue weighted by Gasteiger charge is -2.24. The van der Waals surface area contributed by atoms with Gasteiger partial charge in [0.2, 0.25) is 0 Å². The summed E-state index contributed by atoms with van der Waals surface area (Å²) in [6.07, 6.45) is 0.594. The molecule has 0 amide bonds. The van der Waals surface area contributed by atoms with Crippen LogP contribution in [0.25, 0.3) is 0 Å². The molecule has 0 aromatic rings. The lowest BCUT2D eigenvalue weighted by Crippen LogP contribution is -2.32. The van der Waals surface area contributed by atoms with Gasteiger partial charge in [-0.3, -0.25) is 4.57 Å². The summed E-state index contributed by atoms with van der Waals surface area (Å²) in [5, 5.41) is 26.0. The van der Waals surface area contributed by atoms with Crippen LogP contribution >= 0.6 is 7.60 Å². The summed E-state index contributed by atoms with van der Waals surface area (Å²) in [7, 11) is -3.64. The summed E-state index contributed by atoms with van der Waals surface area (Å²) in [5.74, 6) is 0. The van der Waals surface area contributed by atoms with Gasteiger partial charge in [-0.05, 0) is 6.42 Å². The third-order valence-corrected chi connectivity index (χ3v) is 1.76. The second kappa shape index (κ2) is 7.34. The molecule has 0 spiro atoms. The van der Waals surface area contributed by atoms with Gasteiger partial charge in [-0.15, -0.1) is 0 Å². The van der Waals surface area contributed by atoms with Crippen molar-refractivity contribution >= 4 is 7.60 Å². The molecule has 0 bridgehead atoms. The van der Waals surface area contributed by atoms with Crippen LogP contribution in [-0.2, 0) is 4.57 Å². The van der Waals surface area contributed by atoms with E-state index in [0.717, 1.165) is 6.66 Å². The Morgan fingerprint density at radius 2 is 1.29 bits per heavy atom. The first kappa shape index (κ1) is 16.5. The first-order chi connectivity index (χ1) is 6.24. The van der Waals surface area contributed by atoms with Gasteiger partial charge in [0.25, 0.3) is 0 Å². The zero-order valence-corrected chi connectivity index (χ0v) is 9.31. The van der Waals surface area contributed by atoms with Crippen molar-refractivity contribution in [3.63, 3.8) is 0 Å². The molecule has 0 atom stereocenters. The molecule has 0 aliphatic carbocycles. The molecule has 0 aliphatic heterocycles. The SMILES string of the molecule is CCC(CO)(CO)CO.CP(=O)(O)O. The molecule has 0 radical (unpaired) electrons. The van der Waals surface area contributed by atoms with Crippen molar-refractivity contribution in [2.75, 3.05) is 26.5 Å². The largest absolute Gasteiger partial charge is 0.396 e. The maximum Gasteiger partial charge on any atom is 0.322 e. The molecule has 6 nitrogen and oxygen atoms in total. The van der Waals surface area contributed by atoms with Gasteiger partial charge in [-0.25, -0.2) is 0 Å². The van der Waals surface area contributed by atoms with Gasteiger partial charge < -0.3 is 25.1 Å². The maximum absolute atomic E-state index is 9.33. The maximum atomic E-state index is 9.33. The second-order valence-corrected chi connectivity index (χ2v) is 4.83. The van der Waals surface area contributed by atoms with Crippen LogP contribution in [0.1, 0.15) is 13.3 Å². The van der Waals surface area contributed by atoms with Crippen LogP contribution in [0.5, 0.6) is 0 Å². The van der Waals surface area contributed by atoms with Crippen LogP contribution < -0.4 is 0 Å². The van der Waals surface area contributed by atoms with Gasteiger partial charge in [0.05, 0.1) is 19.8 Å². The lowest BCUT2D eigenvalue weighted by atomic mass is 9.88. The smallest absolute Gasteiger partial charge is 0.322 e. The van der Waals surface area contributed by atoms with E-state index in [4.69, 9.17) is 25.1 Å². The van der Waals surface area contributed by atoms with Gasteiger partial charge in [-0.1, -0.05) is 6.92 Å². The number of rotatable bonds is 4. The average Bonchev–Trinajstić information content (AvgIpc) is 2.07. The van der Waals surface area contributed by atoms with Crippen molar-refractivity contribution in [2.24, 2.45) is 5.41 Å². The van der Waals surface area contributed by atoms with Crippen LogP contribution in [0.4, 0.5) is 0 Å². The number of hydrogen-bond acceptors (Lipinski definition) is 4. The lowest BCUT2D eigenvalue weighted by molar-refractivity contribution is 0.00304. The van der Waals surface area contributed by atoms with Crippen LogP contribution in [-0.4, -0.2) is 51.6 Å². The molecule has 0 rings (SSSR count). The minimum absolute atomic E-state index is 0.156. The number of hydrogen-bond donors (Lipinski definition) is 5. The predicted molar refractivity (Wildman–Crippen MR) is 51.9 cm³/mol. The molecule has 0 heterocycles. The molecule has 0 saturated heterocycles. The summed E-state index contributed by atoms with van der Waals surface area (Å²) < 4.78 is 9.33. The fourth-order valence-electron chi connectivity index (χ4n) is 0.485. The molecule has 0 fully saturated rings. The monoisotopic (exact) mass is 230 g/mol. The first-order valence-electron chi connectivity index (χ1n) is 4.10. The third kappa shape index (κ3) is 10.1. The quantitative estimate of drug-likeness (QED) is 0.402. The van der Waals surface area contributed by atoms with Crippen molar-refractivity contribution in [1.82, 2.24) is 0 Å². The van der Waals surface area contributed by atoms with E-state index in [1.165, 1.54) is 0 Å². The predicted octanol–water partition coefficient (Wildman–Crippen LogP) is -0.846. The van der Waals surface area contributed by atoms with Crippen molar-refractivity contribution < 1.29 is 29.7 Å². The molecule has 0 aliphatic rings. The van der Waals surface area contributed by atoms with Crippen molar-refractivity contribution in [3.8, 4) is 0 Å². The zero-order chi connectivity index (χ0) is 11.8. The van der Waals surface area contributed by atoms with Gasteiger partial charge >= 0.3 is 7.60 Å². The van der Waals surface area contributed by atoms with Gasteiger partial charge in [0.15, 0.2) is 0 Å². The summed E-state index contributed by atoms with van der Waals surface area (Å²) in [6.45, 7) is 2.21. The summed E-state index contributed by atoms with van der Waals surface area (Å²) >= 11 is 0. The van der Waals surface area contributed by atoms with Gasteiger partial charge in [0, 0.05) is 12.1 Å². The number of aliphatic hydroxyl groups excluding tert-OH is 3. The van der Waals surface area contributed by atoms with E-state index in [2.05, 4.69) is 0 Å². The Labute approximate surface area is 83.4 Å². The molecular weight excluding hydrogens is 211 g/mol. The molecule has 0 unspecified atom stereocenters. The van der Waals surface area contributed by atoms with Crippen LogP contribution in [0.2, 0.25) is 0 Å². The Morgan fingerprint density at radius 1 is 1.07 bits per heavy atom. The molecule has 0 aromatic heterocycles. The van der Waals surface area contributed by atoms with Gasteiger partial charge in [-0.2, -0.15) is 0 Å². The Morgan fingerprint density at radius 3 is 1.29 bits per heavy atom. The first-order valence-corrected chi connectivity index (χ1v) is 6.16. The molecular formula is C7H19O6P. The summed E-state index contributed by atoms with van der Waals surface area (Å²) in [4.78, 5) is 15.3. The highest BCUT2D eigenvalue weighted by molar-refractivity contribution is 7.50. The fourth-order valence-corrected chi connectivity index (χ4v) is 0.485.